The maximum atomic E-state index is 12.6. The van der Waals surface area contributed by atoms with E-state index < -0.39 is 32.4 Å². The summed E-state index contributed by atoms with van der Waals surface area (Å²) in [6.07, 6.45) is -1.64. The van der Waals surface area contributed by atoms with Gasteiger partial charge in [0, 0.05) is 6.07 Å². The van der Waals surface area contributed by atoms with Crippen LogP contribution in [0.4, 0.5) is 5.69 Å². The van der Waals surface area contributed by atoms with Gasteiger partial charge in [-0.1, -0.05) is 24.3 Å². The lowest BCUT2D eigenvalue weighted by atomic mass is 9.90. The fourth-order valence-corrected chi connectivity index (χ4v) is 2.86. The molecule has 2 aromatic carbocycles. The van der Waals surface area contributed by atoms with Gasteiger partial charge in [0.2, 0.25) is 6.10 Å². The number of carbonyl (C=O) groups is 1. The molecule has 0 aromatic heterocycles. The van der Waals surface area contributed by atoms with Crippen LogP contribution in [0.25, 0.3) is 0 Å². The first-order chi connectivity index (χ1) is 11.4. The van der Waals surface area contributed by atoms with Crippen LogP contribution in [0, 0.1) is 20.2 Å². The Balaban J connectivity index is 2.25. The number of halogens is 1. The Morgan fingerprint density at radius 2 is 1.67 bits per heavy atom. The van der Waals surface area contributed by atoms with Crippen LogP contribution in [0.3, 0.4) is 0 Å². The Labute approximate surface area is 139 Å². The zero-order valence-corrected chi connectivity index (χ0v) is 12.7. The fourth-order valence-electron chi connectivity index (χ4n) is 2.59. The fraction of sp³-hybridized carbons (Fsp3) is 0.133. The number of fused-ring (bicyclic) bond motifs is 1. The van der Waals surface area contributed by atoms with Gasteiger partial charge in [-0.3, -0.25) is 25.0 Å². The molecule has 0 unspecified atom stereocenters. The minimum atomic E-state index is -2.69. The van der Waals surface area contributed by atoms with Gasteiger partial charge in [0.1, 0.15) is 5.75 Å². The number of rotatable bonds is 3. The van der Waals surface area contributed by atoms with Crippen LogP contribution >= 0.6 is 11.6 Å². The van der Waals surface area contributed by atoms with Crippen molar-refractivity contribution in [2.24, 2.45) is 0 Å². The maximum Gasteiger partial charge on any atom is 0.397 e. The predicted octanol–water partition coefficient (Wildman–Crippen LogP) is 3.12. The van der Waals surface area contributed by atoms with Crippen LogP contribution in [-0.2, 0) is 0 Å². The first-order valence-corrected chi connectivity index (χ1v) is 7.12. The van der Waals surface area contributed by atoms with Gasteiger partial charge < -0.3 is 4.74 Å². The molecular formula is C15H9ClN2O6. The molecule has 0 radical (unpaired) electrons. The number of para-hydroxylation sites is 2. The van der Waals surface area contributed by atoms with E-state index in [-0.39, 0.29) is 16.9 Å². The molecule has 0 fully saturated rings. The van der Waals surface area contributed by atoms with E-state index in [9.17, 15) is 25.0 Å². The lowest BCUT2D eigenvalue weighted by Gasteiger charge is -2.32. The van der Waals surface area contributed by atoms with Crippen molar-refractivity contribution in [3.63, 3.8) is 0 Å². The highest BCUT2D eigenvalue weighted by Crippen LogP contribution is 2.47. The van der Waals surface area contributed by atoms with Crippen molar-refractivity contribution in [1.82, 2.24) is 0 Å². The second kappa shape index (κ2) is 5.57. The number of hydrogen-bond donors (Lipinski definition) is 0. The number of Topliss-reactive ketones (excluding diaryl/α,β-unsaturated/α-hetero) is 1. The van der Waals surface area contributed by atoms with Crippen LogP contribution in [0.2, 0.25) is 0 Å². The summed E-state index contributed by atoms with van der Waals surface area (Å²) in [4.78, 5) is 31.0. The lowest BCUT2D eigenvalue weighted by Crippen LogP contribution is -2.51. The van der Waals surface area contributed by atoms with E-state index in [2.05, 4.69) is 0 Å². The third-order valence-electron chi connectivity index (χ3n) is 3.72. The highest BCUT2D eigenvalue weighted by Gasteiger charge is 2.63. The molecule has 2 atom stereocenters. The third-order valence-corrected chi connectivity index (χ3v) is 4.23. The molecule has 0 aliphatic carbocycles. The van der Waals surface area contributed by atoms with Gasteiger partial charge in [0.05, 0.1) is 21.0 Å². The van der Waals surface area contributed by atoms with Crippen molar-refractivity contribution in [3.8, 4) is 5.75 Å². The zero-order valence-electron chi connectivity index (χ0n) is 11.9. The molecule has 0 bridgehead atoms. The quantitative estimate of drug-likeness (QED) is 0.364. The van der Waals surface area contributed by atoms with Crippen molar-refractivity contribution >= 4 is 23.1 Å². The zero-order chi connectivity index (χ0) is 17.5. The van der Waals surface area contributed by atoms with Crippen molar-refractivity contribution in [2.75, 3.05) is 0 Å². The Morgan fingerprint density at radius 3 is 2.33 bits per heavy atom. The SMILES string of the molecule is O=C1c2ccccc2O[C@H](c2ccccc2[N+](=O)[O-])[C@@]1(Cl)[N+](=O)[O-]. The average Bonchev–Trinajstić information content (AvgIpc) is 2.58. The molecule has 0 N–H and O–H groups in total. The van der Waals surface area contributed by atoms with Gasteiger partial charge in [0.25, 0.3) is 11.5 Å². The lowest BCUT2D eigenvalue weighted by molar-refractivity contribution is -0.536. The van der Waals surface area contributed by atoms with Gasteiger partial charge in [-0.15, -0.1) is 0 Å². The standard InChI is InChI=1S/C15H9ClN2O6/c16-15(18(22)23)13(19)10-6-2-4-8-12(10)24-14(15)9-5-1-3-7-11(9)17(20)21/h1-8,14H/t14-,15+/m1/s1. The first-order valence-electron chi connectivity index (χ1n) is 6.74. The molecule has 0 amide bonds. The molecule has 1 heterocycles. The van der Waals surface area contributed by atoms with Gasteiger partial charge in [-0.2, -0.15) is 0 Å². The van der Waals surface area contributed by atoms with E-state index in [1.54, 1.807) is 6.07 Å². The summed E-state index contributed by atoms with van der Waals surface area (Å²) in [6.45, 7) is 0. The number of ether oxygens (including phenoxy) is 1. The Hall–Kier alpha value is -3.00. The van der Waals surface area contributed by atoms with Crippen LogP contribution < -0.4 is 4.74 Å². The van der Waals surface area contributed by atoms with Crippen molar-refractivity contribution in [1.29, 1.82) is 0 Å². The molecular weight excluding hydrogens is 340 g/mol. The third kappa shape index (κ3) is 2.19. The van der Waals surface area contributed by atoms with Crippen LogP contribution in [0.5, 0.6) is 5.75 Å². The first kappa shape index (κ1) is 15.9. The molecule has 1 aliphatic heterocycles. The maximum absolute atomic E-state index is 12.6. The number of nitrogens with zero attached hydrogens (tertiary/aromatic N) is 2. The number of hydrogen-bond acceptors (Lipinski definition) is 6. The summed E-state index contributed by atoms with van der Waals surface area (Å²) in [7, 11) is 0. The van der Waals surface area contributed by atoms with Crippen molar-refractivity contribution in [2.45, 2.75) is 11.1 Å². The summed E-state index contributed by atoms with van der Waals surface area (Å²) in [5.41, 5.74) is -0.599. The largest absolute Gasteiger partial charge is 0.475 e. The smallest absolute Gasteiger partial charge is 0.397 e. The second-order valence-electron chi connectivity index (χ2n) is 5.07. The van der Waals surface area contributed by atoms with Gasteiger partial charge >= 0.3 is 5.00 Å². The molecule has 122 valence electrons. The number of carbonyl (C=O) groups excluding carboxylic acids is 1. The molecule has 0 spiro atoms. The molecule has 24 heavy (non-hydrogen) atoms. The van der Waals surface area contributed by atoms with Gasteiger partial charge in [0.15, 0.2) is 0 Å². The monoisotopic (exact) mass is 348 g/mol. The Bertz CT molecular complexity index is 871. The summed E-state index contributed by atoms with van der Waals surface area (Å²) < 4.78 is 5.56. The molecule has 8 nitrogen and oxygen atoms in total. The van der Waals surface area contributed by atoms with Crippen molar-refractivity contribution < 1.29 is 19.4 Å². The van der Waals surface area contributed by atoms with Gasteiger partial charge in [-0.25, -0.2) is 0 Å². The summed E-state index contributed by atoms with van der Waals surface area (Å²) in [5.74, 6) is -0.886. The highest BCUT2D eigenvalue weighted by atomic mass is 35.5. The molecule has 3 rings (SSSR count). The Morgan fingerprint density at radius 1 is 1.04 bits per heavy atom. The average molecular weight is 349 g/mol. The summed E-state index contributed by atoms with van der Waals surface area (Å²) >= 11 is 6.07. The number of benzene rings is 2. The highest BCUT2D eigenvalue weighted by molar-refractivity contribution is 6.37. The molecule has 0 saturated carbocycles. The van der Waals surface area contributed by atoms with Crippen LogP contribution in [-0.4, -0.2) is 20.6 Å². The molecule has 2 aromatic rings. The minimum Gasteiger partial charge on any atom is -0.475 e. The number of nitro benzene ring substituents is 1. The predicted molar refractivity (Wildman–Crippen MR) is 82.8 cm³/mol. The summed E-state index contributed by atoms with van der Waals surface area (Å²) in [5, 5.41) is 22.8. The topological polar surface area (TPSA) is 113 Å². The molecule has 9 heteroatoms. The van der Waals surface area contributed by atoms with Crippen molar-refractivity contribution in [3.05, 3.63) is 79.9 Å². The normalized spacial score (nSPS) is 22.4. The Kier molecular flexibility index (Phi) is 3.69. The van der Waals surface area contributed by atoms with E-state index in [0.717, 1.165) is 0 Å². The molecule has 0 saturated heterocycles. The van der Waals surface area contributed by atoms with Crippen LogP contribution in [0.1, 0.15) is 22.0 Å². The van der Waals surface area contributed by atoms with E-state index in [1.807, 2.05) is 0 Å². The molecule has 1 aliphatic rings. The minimum absolute atomic E-state index is 0.0426. The second-order valence-corrected chi connectivity index (χ2v) is 5.65. The summed E-state index contributed by atoms with van der Waals surface area (Å²) in [6, 6.07) is 11.2. The number of alkyl halides is 1. The number of ketones is 1. The van der Waals surface area contributed by atoms with E-state index in [4.69, 9.17) is 16.3 Å². The van der Waals surface area contributed by atoms with E-state index in [0.29, 0.717) is 0 Å². The van der Waals surface area contributed by atoms with Crippen LogP contribution in [0.15, 0.2) is 48.5 Å². The van der Waals surface area contributed by atoms with Gasteiger partial charge in [-0.05, 0) is 29.8 Å². The number of nitro groups is 2. The van der Waals surface area contributed by atoms with E-state index >= 15 is 0 Å². The van der Waals surface area contributed by atoms with E-state index in [1.165, 1.54) is 42.5 Å².